The van der Waals surface area contributed by atoms with E-state index in [2.05, 4.69) is 10.3 Å². The minimum Gasteiger partial charge on any atom is -0.369 e. The Hall–Kier alpha value is -2.31. The zero-order valence-corrected chi connectivity index (χ0v) is 13.1. The van der Waals surface area contributed by atoms with Crippen LogP contribution in [0.1, 0.15) is 18.4 Å². The molecule has 0 aromatic carbocycles. The minimum absolute atomic E-state index is 0.109. The fourth-order valence-electron chi connectivity index (χ4n) is 2.62. The first-order valence-corrected chi connectivity index (χ1v) is 7.42. The van der Waals surface area contributed by atoms with Gasteiger partial charge in [0.05, 0.1) is 0 Å². The van der Waals surface area contributed by atoms with E-state index in [1.54, 1.807) is 11.1 Å². The average molecular weight is 305 g/mol. The molecule has 3 amide bonds. The molecule has 3 N–H and O–H groups in total. The third-order valence-electron chi connectivity index (χ3n) is 3.91. The van der Waals surface area contributed by atoms with Gasteiger partial charge in [-0.1, -0.05) is 6.07 Å². The quantitative estimate of drug-likeness (QED) is 0.850. The predicted molar refractivity (Wildman–Crippen MR) is 84.3 cm³/mol. The van der Waals surface area contributed by atoms with Crippen LogP contribution in [0.25, 0.3) is 0 Å². The molecule has 0 radical (unpaired) electrons. The second-order valence-electron chi connectivity index (χ2n) is 5.70. The number of amides is 3. The lowest BCUT2D eigenvalue weighted by atomic mass is 9.96. The summed E-state index contributed by atoms with van der Waals surface area (Å²) >= 11 is 0. The van der Waals surface area contributed by atoms with Crippen LogP contribution in [-0.2, 0) is 11.3 Å². The summed E-state index contributed by atoms with van der Waals surface area (Å²) in [4.78, 5) is 31.3. The maximum absolute atomic E-state index is 12.2. The number of hydrogen-bond donors (Lipinski definition) is 2. The Kier molecular flexibility index (Phi) is 5.19. The summed E-state index contributed by atoms with van der Waals surface area (Å²) in [6.07, 6.45) is 3.01. The van der Waals surface area contributed by atoms with Gasteiger partial charge in [-0.2, -0.15) is 0 Å². The standard InChI is InChI=1S/C15H23N5O2/c1-19(2)14-12(4-3-7-17-14)10-18-15(22)20-8-5-11(6-9-20)13(16)21/h3-4,7,11H,5-6,8-10H2,1-2H3,(H2,16,21)(H,18,22). The van der Waals surface area contributed by atoms with Gasteiger partial charge < -0.3 is 20.9 Å². The second kappa shape index (κ2) is 7.11. The topological polar surface area (TPSA) is 91.6 Å². The predicted octanol–water partition coefficient (Wildman–Crippen LogP) is 0.555. The molecule has 2 heterocycles. The first-order valence-electron chi connectivity index (χ1n) is 7.42. The number of anilines is 1. The Balaban J connectivity index is 1.88. The SMILES string of the molecule is CN(C)c1ncccc1CNC(=O)N1CCC(C(N)=O)CC1. The van der Waals surface area contributed by atoms with E-state index in [9.17, 15) is 9.59 Å². The van der Waals surface area contributed by atoms with Crippen molar-refractivity contribution in [3.63, 3.8) is 0 Å². The van der Waals surface area contributed by atoms with Gasteiger partial charge in [0.1, 0.15) is 5.82 Å². The van der Waals surface area contributed by atoms with Gasteiger partial charge in [-0.3, -0.25) is 4.79 Å². The van der Waals surface area contributed by atoms with Gasteiger partial charge in [0.2, 0.25) is 5.91 Å². The molecule has 7 nitrogen and oxygen atoms in total. The molecule has 2 rings (SSSR count). The highest BCUT2D eigenvalue weighted by molar-refractivity contribution is 5.78. The molecule has 0 spiro atoms. The van der Waals surface area contributed by atoms with Gasteiger partial charge >= 0.3 is 6.03 Å². The Morgan fingerprint density at radius 3 is 2.68 bits per heavy atom. The number of piperidine rings is 1. The monoisotopic (exact) mass is 305 g/mol. The van der Waals surface area contributed by atoms with E-state index in [1.807, 2.05) is 31.1 Å². The number of hydrogen-bond acceptors (Lipinski definition) is 4. The van der Waals surface area contributed by atoms with Crippen LogP contribution in [0.2, 0.25) is 0 Å². The largest absolute Gasteiger partial charge is 0.369 e. The molecule has 0 bridgehead atoms. The van der Waals surface area contributed by atoms with E-state index in [0.717, 1.165) is 11.4 Å². The van der Waals surface area contributed by atoms with Crippen LogP contribution in [0.3, 0.4) is 0 Å². The molecule has 1 aliphatic rings. The highest BCUT2D eigenvalue weighted by atomic mass is 16.2. The minimum atomic E-state index is -0.272. The molecule has 1 aliphatic heterocycles. The zero-order valence-electron chi connectivity index (χ0n) is 13.1. The number of carbonyl (C=O) groups excluding carboxylic acids is 2. The molecular weight excluding hydrogens is 282 g/mol. The van der Waals surface area contributed by atoms with E-state index in [4.69, 9.17) is 5.73 Å². The molecule has 1 fully saturated rings. The number of nitrogens with two attached hydrogens (primary N) is 1. The Bertz CT molecular complexity index is 538. The van der Waals surface area contributed by atoms with Gasteiger partial charge in [-0.25, -0.2) is 9.78 Å². The highest BCUT2D eigenvalue weighted by Crippen LogP contribution is 2.17. The molecule has 0 atom stereocenters. The van der Waals surface area contributed by atoms with Crippen LogP contribution in [0.5, 0.6) is 0 Å². The molecule has 0 aliphatic carbocycles. The number of aromatic nitrogens is 1. The van der Waals surface area contributed by atoms with Gasteiger partial charge in [-0.15, -0.1) is 0 Å². The van der Waals surface area contributed by atoms with Crippen molar-refractivity contribution in [2.45, 2.75) is 19.4 Å². The van der Waals surface area contributed by atoms with E-state index in [1.165, 1.54) is 0 Å². The third-order valence-corrected chi connectivity index (χ3v) is 3.91. The van der Waals surface area contributed by atoms with Crippen LogP contribution in [0, 0.1) is 5.92 Å². The molecule has 22 heavy (non-hydrogen) atoms. The first kappa shape index (κ1) is 16.1. The van der Waals surface area contributed by atoms with Gasteiger partial charge in [-0.05, 0) is 18.9 Å². The molecule has 120 valence electrons. The normalized spacial score (nSPS) is 15.5. The number of urea groups is 1. The first-order chi connectivity index (χ1) is 10.5. The van der Waals surface area contributed by atoms with E-state index < -0.39 is 0 Å². The fraction of sp³-hybridized carbons (Fsp3) is 0.533. The summed E-state index contributed by atoms with van der Waals surface area (Å²) in [6.45, 7) is 1.55. The van der Waals surface area contributed by atoms with Crippen molar-refractivity contribution in [1.29, 1.82) is 0 Å². The smallest absolute Gasteiger partial charge is 0.317 e. The number of nitrogens with zero attached hydrogens (tertiary/aromatic N) is 3. The summed E-state index contributed by atoms with van der Waals surface area (Å²) in [5.41, 5.74) is 6.26. The van der Waals surface area contributed by atoms with Crippen molar-refractivity contribution in [2.24, 2.45) is 11.7 Å². The Labute approximate surface area is 130 Å². The van der Waals surface area contributed by atoms with Crippen LogP contribution in [0.15, 0.2) is 18.3 Å². The average Bonchev–Trinajstić information content (AvgIpc) is 2.52. The van der Waals surface area contributed by atoms with Gasteiger partial charge in [0.15, 0.2) is 0 Å². The van der Waals surface area contributed by atoms with Crippen LogP contribution < -0.4 is 16.0 Å². The summed E-state index contributed by atoms with van der Waals surface area (Å²) in [5, 5.41) is 2.91. The number of carbonyl (C=O) groups is 2. The van der Waals surface area contributed by atoms with E-state index in [-0.39, 0.29) is 17.9 Å². The van der Waals surface area contributed by atoms with Crippen LogP contribution >= 0.6 is 0 Å². The number of likely N-dealkylation sites (tertiary alicyclic amines) is 1. The van der Waals surface area contributed by atoms with Crippen molar-refractivity contribution in [3.8, 4) is 0 Å². The molecule has 0 unspecified atom stereocenters. The number of rotatable bonds is 4. The fourth-order valence-corrected chi connectivity index (χ4v) is 2.62. The van der Waals surface area contributed by atoms with Crippen LogP contribution in [-0.4, -0.2) is 49.0 Å². The Morgan fingerprint density at radius 1 is 1.41 bits per heavy atom. The lowest BCUT2D eigenvalue weighted by Gasteiger charge is -2.30. The zero-order chi connectivity index (χ0) is 16.1. The van der Waals surface area contributed by atoms with Crippen molar-refractivity contribution >= 4 is 17.8 Å². The van der Waals surface area contributed by atoms with Crippen molar-refractivity contribution in [1.82, 2.24) is 15.2 Å². The highest BCUT2D eigenvalue weighted by Gasteiger charge is 2.25. The van der Waals surface area contributed by atoms with E-state index in [0.29, 0.717) is 32.5 Å². The maximum atomic E-state index is 12.2. The van der Waals surface area contributed by atoms with Gasteiger partial charge in [0, 0.05) is 51.4 Å². The summed E-state index contributed by atoms with van der Waals surface area (Å²) in [6, 6.07) is 3.69. The van der Waals surface area contributed by atoms with E-state index >= 15 is 0 Å². The molecule has 0 saturated carbocycles. The van der Waals surface area contributed by atoms with Crippen molar-refractivity contribution < 1.29 is 9.59 Å². The summed E-state index contributed by atoms with van der Waals surface area (Å²) < 4.78 is 0. The van der Waals surface area contributed by atoms with Crippen molar-refractivity contribution in [3.05, 3.63) is 23.9 Å². The molecule has 1 aromatic rings. The second-order valence-corrected chi connectivity index (χ2v) is 5.70. The molecule has 1 saturated heterocycles. The lowest BCUT2D eigenvalue weighted by Crippen LogP contribution is -2.46. The number of nitrogens with one attached hydrogen (secondary N) is 1. The number of pyridine rings is 1. The summed E-state index contributed by atoms with van der Waals surface area (Å²) in [5.74, 6) is 0.462. The molecule has 1 aromatic heterocycles. The lowest BCUT2D eigenvalue weighted by molar-refractivity contribution is -0.123. The maximum Gasteiger partial charge on any atom is 0.317 e. The number of primary amides is 1. The molecular formula is C15H23N5O2. The van der Waals surface area contributed by atoms with Crippen molar-refractivity contribution in [2.75, 3.05) is 32.1 Å². The summed E-state index contributed by atoms with van der Waals surface area (Å²) in [7, 11) is 3.84. The van der Waals surface area contributed by atoms with Crippen LogP contribution in [0.4, 0.5) is 10.6 Å². The van der Waals surface area contributed by atoms with Gasteiger partial charge in [0.25, 0.3) is 0 Å². The molecule has 7 heteroatoms. The third kappa shape index (κ3) is 3.87. The Morgan fingerprint density at radius 2 is 2.09 bits per heavy atom.